The maximum atomic E-state index is 13.7. The number of aromatic nitrogens is 3. The molecule has 1 aliphatic heterocycles. The van der Waals surface area contributed by atoms with Crippen molar-refractivity contribution >= 4 is 22.4 Å². The van der Waals surface area contributed by atoms with Gasteiger partial charge in [-0.05, 0) is 80.9 Å². The third-order valence-electron chi connectivity index (χ3n) is 7.40. The van der Waals surface area contributed by atoms with E-state index in [0.717, 1.165) is 50.6 Å². The van der Waals surface area contributed by atoms with E-state index in [4.69, 9.17) is 9.97 Å². The number of anilines is 2. The predicted octanol–water partition coefficient (Wildman–Crippen LogP) is 8.28. The second kappa shape index (κ2) is 11.6. The maximum absolute atomic E-state index is 13.7. The lowest BCUT2D eigenvalue weighted by Crippen LogP contribution is -2.40. The molecule has 5 nitrogen and oxygen atoms in total. The van der Waals surface area contributed by atoms with Crippen molar-refractivity contribution in [3.05, 3.63) is 77.7 Å². The molecule has 3 heterocycles. The van der Waals surface area contributed by atoms with E-state index >= 15 is 0 Å². The third-order valence-corrected chi connectivity index (χ3v) is 7.40. The predicted molar refractivity (Wildman–Crippen MR) is 146 cm³/mol. The van der Waals surface area contributed by atoms with E-state index in [2.05, 4.69) is 22.1 Å². The van der Waals surface area contributed by atoms with Gasteiger partial charge in [-0.2, -0.15) is 26.3 Å². The van der Waals surface area contributed by atoms with Crippen LogP contribution in [0, 0.1) is 0 Å². The van der Waals surface area contributed by atoms with Crippen molar-refractivity contribution in [3.8, 4) is 11.3 Å². The van der Waals surface area contributed by atoms with E-state index in [1.807, 2.05) is 0 Å². The number of hydrogen-bond donors (Lipinski definition) is 1. The summed E-state index contributed by atoms with van der Waals surface area (Å²) in [5.74, 6) is 0.862. The summed E-state index contributed by atoms with van der Waals surface area (Å²) < 4.78 is 80.4. The minimum absolute atomic E-state index is 0.183. The van der Waals surface area contributed by atoms with Crippen LogP contribution in [0.2, 0.25) is 0 Å². The van der Waals surface area contributed by atoms with Gasteiger partial charge in [0.2, 0.25) is 0 Å². The molecule has 0 radical (unpaired) electrons. The summed E-state index contributed by atoms with van der Waals surface area (Å²) in [6, 6.07) is 11.7. The molecule has 1 N–H and O–H groups in total. The van der Waals surface area contributed by atoms with Gasteiger partial charge in [0.1, 0.15) is 11.6 Å². The summed E-state index contributed by atoms with van der Waals surface area (Å²) in [4.78, 5) is 15.9. The Labute approximate surface area is 233 Å². The highest BCUT2D eigenvalue weighted by atomic mass is 19.4. The molecular formula is C30H29F6N5. The molecule has 5 rings (SSSR count). The lowest BCUT2D eigenvalue weighted by atomic mass is 10.0. The topological polar surface area (TPSA) is 53.9 Å². The lowest BCUT2D eigenvalue weighted by Gasteiger charge is -2.33. The molecule has 1 fully saturated rings. The minimum atomic E-state index is -4.59. The monoisotopic (exact) mass is 573 g/mol. The van der Waals surface area contributed by atoms with E-state index in [1.54, 1.807) is 12.1 Å². The van der Waals surface area contributed by atoms with Crippen LogP contribution in [0.3, 0.4) is 0 Å². The Bertz CT molecular complexity index is 1490. The van der Waals surface area contributed by atoms with Crippen LogP contribution in [-0.4, -0.2) is 39.0 Å². The zero-order chi connectivity index (χ0) is 29.2. The number of nitrogens with zero attached hydrogens (tertiary/aromatic N) is 4. The average molecular weight is 574 g/mol. The van der Waals surface area contributed by atoms with Gasteiger partial charge in [0.15, 0.2) is 0 Å². The van der Waals surface area contributed by atoms with Crippen LogP contribution in [0.1, 0.15) is 49.6 Å². The smallest absolute Gasteiger partial charge is 0.340 e. The summed E-state index contributed by atoms with van der Waals surface area (Å²) in [6.45, 7) is 4.05. The van der Waals surface area contributed by atoms with Crippen LogP contribution < -0.4 is 5.32 Å². The number of likely N-dealkylation sites (tertiary alicyclic amines) is 1. The van der Waals surface area contributed by atoms with Crippen molar-refractivity contribution in [2.45, 2.75) is 57.4 Å². The Balaban J connectivity index is 1.57. The fraction of sp³-hybridized carbons (Fsp3) is 0.367. The number of pyridine rings is 1. The SMILES string of the molecule is CCC(Cc1nc(Nc2ccc(C(F)(F)F)cc2)c2ccc(-c3ncccc3C(F)(F)F)cc2n1)N1CCCCC1. The second-order valence-corrected chi connectivity index (χ2v) is 10.2. The zero-order valence-electron chi connectivity index (χ0n) is 22.4. The van der Waals surface area contributed by atoms with E-state index in [0.29, 0.717) is 34.7 Å². The molecule has 0 aliphatic carbocycles. The van der Waals surface area contributed by atoms with Gasteiger partial charge in [-0.25, -0.2) is 9.97 Å². The van der Waals surface area contributed by atoms with Crippen LogP contribution in [0.4, 0.5) is 37.8 Å². The van der Waals surface area contributed by atoms with Gasteiger partial charge in [0.25, 0.3) is 0 Å². The van der Waals surface area contributed by atoms with Crippen molar-refractivity contribution in [3.63, 3.8) is 0 Å². The highest BCUT2D eigenvalue weighted by Crippen LogP contribution is 2.37. The Morgan fingerprint density at radius 1 is 0.878 bits per heavy atom. The van der Waals surface area contributed by atoms with E-state index in [1.165, 1.54) is 36.9 Å². The second-order valence-electron chi connectivity index (χ2n) is 10.2. The number of benzene rings is 2. The van der Waals surface area contributed by atoms with Crippen LogP contribution in [0.15, 0.2) is 60.8 Å². The van der Waals surface area contributed by atoms with Gasteiger partial charge >= 0.3 is 12.4 Å². The molecule has 1 saturated heterocycles. The summed E-state index contributed by atoms with van der Waals surface area (Å²) in [6.07, 6.45) is -2.93. The molecule has 4 aromatic rings. The summed E-state index contributed by atoms with van der Waals surface area (Å²) >= 11 is 0. The molecule has 2 aromatic carbocycles. The van der Waals surface area contributed by atoms with Crippen molar-refractivity contribution in [2.75, 3.05) is 18.4 Å². The van der Waals surface area contributed by atoms with Gasteiger partial charge in [-0.1, -0.05) is 19.4 Å². The molecule has 0 spiro atoms. The normalized spacial score (nSPS) is 15.7. The van der Waals surface area contributed by atoms with Gasteiger partial charge in [-0.3, -0.25) is 9.88 Å². The molecule has 0 saturated carbocycles. The Hall–Kier alpha value is -3.73. The fourth-order valence-corrected chi connectivity index (χ4v) is 5.28. The molecule has 1 atom stereocenters. The summed E-state index contributed by atoms with van der Waals surface area (Å²) in [5, 5.41) is 3.63. The number of nitrogens with one attached hydrogen (secondary N) is 1. The molecule has 11 heteroatoms. The molecule has 216 valence electrons. The summed E-state index contributed by atoms with van der Waals surface area (Å²) in [5.41, 5.74) is -0.788. The molecule has 0 amide bonds. The number of piperidine rings is 1. The Morgan fingerprint density at radius 2 is 1.61 bits per heavy atom. The quantitative estimate of drug-likeness (QED) is 0.226. The van der Waals surface area contributed by atoms with Crippen molar-refractivity contribution in [1.82, 2.24) is 19.9 Å². The van der Waals surface area contributed by atoms with Gasteiger partial charge in [0, 0.05) is 35.3 Å². The molecule has 41 heavy (non-hydrogen) atoms. The minimum Gasteiger partial charge on any atom is -0.340 e. The molecule has 0 bridgehead atoms. The molecular weight excluding hydrogens is 544 g/mol. The zero-order valence-corrected chi connectivity index (χ0v) is 22.4. The van der Waals surface area contributed by atoms with Crippen LogP contribution >= 0.6 is 0 Å². The van der Waals surface area contributed by atoms with Crippen molar-refractivity contribution in [2.24, 2.45) is 0 Å². The van der Waals surface area contributed by atoms with E-state index < -0.39 is 23.5 Å². The summed E-state index contributed by atoms with van der Waals surface area (Å²) in [7, 11) is 0. The van der Waals surface area contributed by atoms with Crippen LogP contribution in [0.25, 0.3) is 22.2 Å². The van der Waals surface area contributed by atoms with Crippen LogP contribution in [0.5, 0.6) is 0 Å². The fourth-order valence-electron chi connectivity index (χ4n) is 5.28. The Morgan fingerprint density at radius 3 is 2.27 bits per heavy atom. The maximum Gasteiger partial charge on any atom is 0.418 e. The number of fused-ring (bicyclic) bond motifs is 1. The van der Waals surface area contributed by atoms with Gasteiger partial charge in [0.05, 0.1) is 22.3 Å². The van der Waals surface area contributed by atoms with E-state index in [-0.39, 0.29) is 17.3 Å². The van der Waals surface area contributed by atoms with Crippen molar-refractivity contribution < 1.29 is 26.3 Å². The number of hydrogen-bond acceptors (Lipinski definition) is 5. The van der Waals surface area contributed by atoms with E-state index in [9.17, 15) is 26.3 Å². The first-order valence-electron chi connectivity index (χ1n) is 13.5. The third kappa shape index (κ3) is 6.61. The first-order chi connectivity index (χ1) is 19.5. The largest absolute Gasteiger partial charge is 0.418 e. The first kappa shape index (κ1) is 28.8. The Kier molecular flexibility index (Phi) is 8.17. The highest BCUT2D eigenvalue weighted by molar-refractivity contribution is 5.93. The number of halogens is 6. The lowest BCUT2D eigenvalue weighted by molar-refractivity contribution is -0.138. The average Bonchev–Trinajstić information content (AvgIpc) is 2.95. The number of rotatable bonds is 7. The van der Waals surface area contributed by atoms with Crippen LogP contribution in [-0.2, 0) is 18.8 Å². The molecule has 1 unspecified atom stereocenters. The molecule has 1 aliphatic rings. The molecule has 2 aromatic heterocycles. The van der Waals surface area contributed by atoms with Gasteiger partial charge in [-0.15, -0.1) is 0 Å². The van der Waals surface area contributed by atoms with Gasteiger partial charge < -0.3 is 5.32 Å². The standard InChI is InChI=1S/C30H29F6N5/c1-2-22(41-15-4-3-5-16-41)18-26-39-25-17-19(27-24(30(34,35)36)7-6-14-37-27)8-13-23(25)28(40-26)38-21-11-9-20(10-12-21)29(31,32)33/h6-14,17,22H,2-5,15-16,18H2,1H3,(H,38,39,40). The van der Waals surface area contributed by atoms with Crippen molar-refractivity contribution in [1.29, 1.82) is 0 Å². The highest BCUT2D eigenvalue weighted by Gasteiger charge is 2.34. The number of alkyl halides is 6. The first-order valence-corrected chi connectivity index (χ1v) is 13.5.